The molecule has 0 aliphatic rings. The average molecular weight is 252 g/mol. The Balaban J connectivity index is 2.49. The minimum Gasteiger partial charge on any atom is -0.303 e. The highest BCUT2D eigenvalue weighted by Crippen LogP contribution is 2.09. The van der Waals surface area contributed by atoms with Crippen LogP contribution in [0, 0.1) is 5.82 Å². The zero-order chi connectivity index (χ0) is 13.4. The van der Waals surface area contributed by atoms with E-state index in [9.17, 15) is 4.39 Å². The quantitative estimate of drug-likeness (QED) is 0.702. The molecule has 0 spiro atoms. The van der Waals surface area contributed by atoms with Gasteiger partial charge in [-0.15, -0.1) is 0 Å². The van der Waals surface area contributed by atoms with Crippen molar-refractivity contribution in [2.75, 3.05) is 32.7 Å². The molecule has 0 radical (unpaired) electrons. The Morgan fingerprint density at radius 3 is 2.00 bits per heavy atom. The monoisotopic (exact) mass is 252 g/mol. The summed E-state index contributed by atoms with van der Waals surface area (Å²) in [4.78, 5) is 4.68. The van der Waals surface area contributed by atoms with Gasteiger partial charge in [0, 0.05) is 25.2 Å². The van der Waals surface area contributed by atoms with Gasteiger partial charge in [0.05, 0.1) is 0 Å². The van der Waals surface area contributed by atoms with Crippen LogP contribution in [0.3, 0.4) is 0 Å². The highest BCUT2D eigenvalue weighted by atomic mass is 19.1. The minimum atomic E-state index is -0.0983. The summed E-state index contributed by atoms with van der Waals surface area (Å²) >= 11 is 0. The van der Waals surface area contributed by atoms with Crippen molar-refractivity contribution in [1.29, 1.82) is 0 Å². The van der Waals surface area contributed by atoms with E-state index in [1.807, 2.05) is 12.1 Å². The van der Waals surface area contributed by atoms with E-state index in [4.69, 9.17) is 0 Å². The fraction of sp³-hybridized carbons (Fsp3) is 0.600. The van der Waals surface area contributed by atoms with Crippen LogP contribution in [0.25, 0.3) is 0 Å². The topological polar surface area (TPSA) is 6.48 Å². The van der Waals surface area contributed by atoms with Gasteiger partial charge < -0.3 is 4.90 Å². The van der Waals surface area contributed by atoms with Gasteiger partial charge in [0.1, 0.15) is 5.82 Å². The van der Waals surface area contributed by atoms with Crippen molar-refractivity contribution in [1.82, 2.24) is 9.80 Å². The lowest BCUT2D eigenvalue weighted by Crippen LogP contribution is -2.34. The summed E-state index contributed by atoms with van der Waals surface area (Å²) in [6.45, 7) is 12.3. The molecule has 0 amide bonds. The molecular weight excluding hydrogens is 227 g/mol. The molecule has 0 N–H and O–H groups in total. The summed E-state index contributed by atoms with van der Waals surface area (Å²) in [7, 11) is 0. The molecule has 0 saturated carbocycles. The zero-order valence-electron chi connectivity index (χ0n) is 11.8. The van der Waals surface area contributed by atoms with E-state index in [-0.39, 0.29) is 5.82 Å². The van der Waals surface area contributed by atoms with Crippen LogP contribution < -0.4 is 0 Å². The Labute approximate surface area is 110 Å². The van der Waals surface area contributed by atoms with Gasteiger partial charge in [-0.2, -0.15) is 0 Å². The lowest BCUT2D eigenvalue weighted by Gasteiger charge is -2.25. The molecule has 3 heteroatoms. The second-order valence-corrected chi connectivity index (χ2v) is 4.49. The van der Waals surface area contributed by atoms with E-state index >= 15 is 0 Å². The van der Waals surface area contributed by atoms with Crippen molar-refractivity contribution in [3.63, 3.8) is 0 Å². The largest absolute Gasteiger partial charge is 0.303 e. The number of nitrogens with zero attached hydrogens (tertiary/aromatic N) is 2. The number of hydrogen-bond acceptors (Lipinski definition) is 2. The Bertz CT molecular complexity index is 337. The molecule has 0 atom stereocenters. The van der Waals surface area contributed by atoms with E-state index in [2.05, 4.69) is 30.6 Å². The molecular formula is C15H25FN2. The third-order valence-corrected chi connectivity index (χ3v) is 3.43. The molecule has 0 aliphatic carbocycles. The smallest absolute Gasteiger partial charge is 0.127 e. The maximum Gasteiger partial charge on any atom is 0.127 e. The second-order valence-electron chi connectivity index (χ2n) is 4.49. The van der Waals surface area contributed by atoms with Crippen LogP contribution in [-0.2, 0) is 6.54 Å². The Morgan fingerprint density at radius 1 is 0.889 bits per heavy atom. The van der Waals surface area contributed by atoms with E-state index in [1.54, 1.807) is 6.07 Å². The first-order valence-electron chi connectivity index (χ1n) is 6.89. The summed E-state index contributed by atoms with van der Waals surface area (Å²) < 4.78 is 13.6. The summed E-state index contributed by atoms with van der Waals surface area (Å²) in [5.41, 5.74) is 0.791. The van der Waals surface area contributed by atoms with Gasteiger partial charge in [0.25, 0.3) is 0 Å². The van der Waals surface area contributed by atoms with Crippen LogP contribution in [0.15, 0.2) is 24.3 Å². The maximum atomic E-state index is 13.6. The van der Waals surface area contributed by atoms with Crippen LogP contribution >= 0.6 is 0 Å². The van der Waals surface area contributed by atoms with E-state index in [0.717, 1.165) is 38.3 Å². The van der Waals surface area contributed by atoms with Crippen LogP contribution in [-0.4, -0.2) is 42.5 Å². The Morgan fingerprint density at radius 2 is 1.44 bits per heavy atom. The molecule has 1 aromatic rings. The summed E-state index contributed by atoms with van der Waals surface area (Å²) in [5.74, 6) is -0.0983. The van der Waals surface area contributed by atoms with Crippen molar-refractivity contribution in [2.24, 2.45) is 0 Å². The highest BCUT2D eigenvalue weighted by molar-refractivity contribution is 5.17. The normalized spacial score (nSPS) is 11.4. The second kappa shape index (κ2) is 8.22. The number of benzene rings is 1. The predicted octanol–water partition coefficient (Wildman–Crippen LogP) is 2.99. The molecule has 2 nitrogen and oxygen atoms in total. The van der Waals surface area contributed by atoms with Gasteiger partial charge in [-0.1, -0.05) is 39.0 Å². The van der Waals surface area contributed by atoms with Gasteiger partial charge >= 0.3 is 0 Å². The maximum absolute atomic E-state index is 13.6. The van der Waals surface area contributed by atoms with Crippen LogP contribution in [0.2, 0.25) is 0 Å². The highest BCUT2D eigenvalue weighted by Gasteiger charge is 2.08. The first-order valence-corrected chi connectivity index (χ1v) is 6.89. The molecule has 0 unspecified atom stereocenters. The molecule has 1 aromatic carbocycles. The third-order valence-electron chi connectivity index (χ3n) is 3.43. The average Bonchev–Trinajstić information content (AvgIpc) is 2.40. The van der Waals surface area contributed by atoms with Crippen molar-refractivity contribution >= 4 is 0 Å². The fourth-order valence-corrected chi connectivity index (χ4v) is 2.04. The summed E-state index contributed by atoms with van der Waals surface area (Å²) in [5, 5.41) is 0. The fourth-order valence-electron chi connectivity index (χ4n) is 2.04. The molecule has 0 aliphatic heterocycles. The van der Waals surface area contributed by atoms with Gasteiger partial charge in [0.2, 0.25) is 0 Å². The van der Waals surface area contributed by atoms with E-state index < -0.39 is 0 Å². The third kappa shape index (κ3) is 4.75. The molecule has 0 fully saturated rings. The lowest BCUT2D eigenvalue weighted by atomic mass is 10.2. The first kappa shape index (κ1) is 15.1. The van der Waals surface area contributed by atoms with Crippen molar-refractivity contribution < 1.29 is 4.39 Å². The summed E-state index contributed by atoms with van der Waals surface area (Å²) in [6.07, 6.45) is 0. The van der Waals surface area contributed by atoms with Gasteiger partial charge in [0.15, 0.2) is 0 Å². The molecule has 0 aromatic heterocycles. The van der Waals surface area contributed by atoms with Crippen molar-refractivity contribution in [3.05, 3.63) is 35.6 Å². The molecule has 102 valence electrons. The number of halogens is 1. The predicted molar refractivity (Wildman–Crippen MR) is 75.1 cm³/mol. The van der Waals surface area contributed by atoms with Gasteiger partial charge in [-0.25, -0.2) is 4.39 Å². The van der Waals surface area contributed by atoms with Crippen LogP contribution in [0.4, 0.5) is 4.39 Å². The van der Waals surface area contributed by atoms with E-state index in [1.165, 1.54) is 6.07 Å². The first-order chi connectivity index (χ1) is 8.71. The summed E-state index contributed by atoms with van der Waals surface area (Å²) in [6, 6.07) is 7.05. The molecule has 1 rings (SSSR count). The minimum absolute atomic E-state index is 0.0983. The van der Waals surface area contributed by atoms with Crippen LogP contribution in [0.5, 0.6) is 0 Å². The molecule has 0 heterocycles. The number of likely N-dealkylation sites (N-methyl/N-ethyl adjacent to an activating group) is 2. The Hall–Kier alpha value is -0.930. The van der Waals surface area contributed by atoms with Crippen molar-refractivity contribution in [3.8, 4) is 0 Å². The zero-order valence-corrected chi connectivity index (χ0v) is 11.8. The SMILES string of the molecule is CCN(CC)CCN(CC)Cc1ccccc1F. The van der Waals surface area contributed by atoms with E-state index in [0.29, 0.717) is 6.54 Å². The van der Waals surface area contributed by atoms with Crippen LogP contribution in [0.1, 0.15) is 26.3 Å². The lowest BCUT2D eigenvalue weighted by molar-refractivity contribution is 0.213. The number of hydrogen-bond donors (Lipinski definition) is 0. The van der Waals surface area contributed by atoms with Crippen molar-refractivity contribution in [2.45, 2.75) is 27.3 Å². The molecule has 18 heavy (non-hydrogen) atoms. The van der Waals surface area contributed by atoms with Gasteiger partial charge in [-0.3, -0.25) is 4.90 Å². The molecule has 0 saturated heterocycles. The molecule has 0 bridgehead atoms. The van der Waals surface area contributed by atoms with Gasteiger partial charge in [-0.05, 0) is 25.7 Å². The number of rotatable bonds is 8. The Kier molecular flexibility index (Phi) is 6.91. The standard InChI is InChI=1S/C15H25FN2/c1-4-17(5-2)11-12-18(6-3)13-14-9-7-8-10-15(14)16/h7-10H,4-6,11-13H2,1-3H3.